The minimum atomic E-state index is 0. The summed E-state index contributed by atoms with van der Waals surface area (Å²) in [4.78, 5) is 31.0. The molecule has 0 bridgehead atoms. The summed E-state index contributed by atoms with van der Waals surface area (Å²) in [6, 6.07) is 0. The number of piperazine rings is 1. The minimum absolute atomic E-state index is 0. The minimum Gasteiger partial charge on any atom is -0.342 e. The number of carbonyl (C=O) groups excluding carboxylic acids is 2. The fraction of sp³-hybridized carbons (Fsp3) is 0.895. The fourth-order valence-electron chi connectivity index (χ4n) is 4.21. The van der Waals surface area contributed by atoms with E-state index in [0.29, 0.717) is 19.5 Å². The highest BCUT2D eigenvalue weighted by atomic mass is 35.5. The second kappa shape index (κ2) is 12.8. The van der Waals surface area contributed by atoms with Crippen LogP contribution < -0.4 is 5.73 Å². The van der Waals surface area contributed by atoms with Gasteiger partial charge in [-0.05, 0) is 38.6 Å². The van der Waals surface area contributed by atoms with Crippen LogP contribution >= 0.6 is 24.8 Å². The maximum absolute atomic E-state index is 12.7. The predicted molar refractivity (Wildman–Crippen MR) is 115 cm³/mol. The molecule has 0 aromatic carbocycles. The van der Waals surface area contributed by atoms with Crippen molar-refractivity contribution in [2.75, 3.05) is 52.4 Å². The Morgan fingerprint density at radius 2 is 1.52 bits per heavy atom. The lowest BCUT2D eigenvalue weighted by Gasteiger charge is -2.40. The van der Waals surface area contributed by atoms with Crippen molar-refractivity contribution in [2.45, 2.75) is 52.4 Å². The van der Waals surface area contributed by atoms with Crippen LogP contribution in [-0.2, 0) is 9.59 Å². The standard InChI is InChI=1S/C19H36N4O2.2ClH/c1-3-22(4-2)18(25)15-21-10-12-23(13-11-21)17(24)14-19(16-20)8-6-5-7-9-19;;/h3-16,20H2,1-2H3;2*1H. The molecule has 1 aliphatic heterocycles. The number of amides is 2. The van der Waals surface area contributed by atoms with E-state index in [9.17, 15) is 9.59 Å². The summed E-state index contributed by atoms with van der Waals surface area (Å²) in [5, 5.41) is 0. The van der Waals surface area contributed by atoms with Gasteiger partial charge in [0.2, 0.25) is 11.8 Å². The quantitative estimate of drug-likeness (QED) is 0.679. The van der Waals surface area contributed by atoms with Crippen LogP contribution in [0.2, 0.25) is 0 Å². The topological polar surface area (TPSA) is 69.9 Å². The molecule has 2 amide bonds. The van der Waals surface area contributed by atoms with Gasteiger partial charge in [0.1, 0.15) is 0 Å². The molecule has 6 nitrogen and oxygen atoms in total. The van der Waals surface area contributed by atoms with E-state index < -0.39 is 0 Å². The lowest BCUT2D eigenvalue weighted by Crippen LogP contribution is -2.52. The summed E-state index contributed by atoms with van der Waals surface area (Å²) in [5.41, 5.74) is 6.06. The number of carbonyl (C=O) groups is 2. The number of hydrogen-bond acceptors (Lipinski definition) is 4. The largest absolute Gasteiger partial charge is 0.342 e. The van der Waals surface area contributed by atoms with Gasteiger partial charge in [-0.2, -0.15) is 0 Å². The predicted octanol–water partition coefficient (Wildman–Crippen LogP) is 2.14. The van der Waals surface area contributed by atoms with Gasteiger partial charge in [-0.15, -0.1) is 24.8 Å². The molecular weight excluding hydrogens is 387 g/mol. The Bertz CT molecular complexity index is 447. The molecule has 0 radical (unpaired) electrons. The van der Waals surface area contributed by atoms with Gasteiger partial charge in [0.05, 0.1) is 6.54 Å². The first-order valence-electron chi connectivity index (χ1n) is 10.0. The summed E-state index contributed by atoms with van der Waals surface area (Å²) >= 11 is 0. The zero-order valence-electron chi connectivity index (χ0n) is 17.0. The average Bonchev–Trinajstić information content (AvgIpc) is 2.64. The zero-order chi connectivity index (χ0) is 18.3. The Balaban J connectivity index is 0.00000338. The summed E-state index contributed by atoms with van der Waals surface area (Å²) in [6.45, 7) is 9.66. The van der Waals surface area contributed by atoms with Gasteiger partial charge >= 0.3 is 0 Å². The monoisotopic (exact) mass is 424 g/mol. The summed E-state index contributed by atoms with van der Waals surface area (Å²) in [7, 11) is 0. The first kappa shape index (κ1) is 26.4. The second-order valence-corrected chi connectivity index (χ2v) is 7.66. The van der Waals surface area contributed by atoms with Crippen LogP contribution in [0.25, 0.3) is 0 Å². The van der Waals surface area contributed by atoms with Gasteiger partial charge in [0.25, 0.3) is 0 Å². The molecule has 2 fully saturated rings. The maximum atomic E-state index is 12.7. The van der Waals surface area contributed by atoms with Crippen molar-refractivity contribution < 1.29 is 9.59 Å². The molecule has 0 atom stereocenters. The van der Waals surface area contributed by atoms with E-state index in [1.807, 2.05) is 23.6 Å². The van der Waals surface area contributed by atoms with Crippen LogP contribution in [0.1, 0.15) is 52.4 Å². The summed E-state index contributed by atoms with van der Waals surface area (Å²) < 4.78 is 0. The third kappa shape index (κ3) is 7.41. The molecule has 1 aliphatic carbocycles. The van der Waals surface area contributed by atoms with Gasteiger partial charge in [-0.25, -0.2) is 0 Å². The zero-order valence-corrected chi connectivity index (χ0v) is 18.6. The Hall–Kier alpha value is -0.560. The van der Waals surface area contributed by atoms with Crippen molar-refractivity contribution in [3.63, 3.8) is 0 Å². The number of nitrogens with zero attached hydrogens (tertiary/aromatic N) is 3. The molecule has 27 heavy (non-hydrogen) atoms. The molecule has 1 heterocycles. The van der Waals surface area contributed by atoms with Crippen molar-refractivity contribution in [1.82, 2.24) is 14.7 Å². The van der Waals surface area contributed by atoms with Crippen LogP contribution in [0.5, 0.6) is 0 Å². The molecule has 0 spiro atoms. The molecule has 1 saturated heterocycles. The van der Waals surface area contributed by atoms with Gasteiger partial charge in [0, 0.05) is 45.7 Å². The normalized spacial score (nSPS) is 19.6. The van der Waals surface area contributed by atoms with Gasteiger partial charge in [-0.3, -0.25) is 14.5 Å². The Morgan fingerprint density at radius 3 is 2.00 bits per heavy atom. The van der Waals surface area contributed by atoms with Crippen molar-refractivity contribution in [3.05, 3.63) is 0 Å². The number of rotatable bonds is 7. The van der Waals surface area contributed by atoms with Crippen molar-refractivity contribution >= 4 is 36.6 Å². The fourth-order valence-corrected chi connectivity index (χ4v) is 4.21. The van der Waals surface area contributed by atoms with Crippen molar-refractivity contribution in [1.29, 1.82) is 0 Å². The first-order chi connectivity index (χ1) is 12.0. The van der Waals surface area contributed by atoms with Gasteiger partial charge < -0.3 is 15.5 Å². The Morgan fingerprint density at radius 1 is 0.963 bits per heavy atom. The van der Waals surface area contributed by atoms with E-state index in [0.717, 1.165) is 52.1 Å². The van der Waals surface area contributed by atoms with E-state index in [4.69, 9.17) is 5.73 Å². The number of hydrogen-bond donors (Lipinski definition) is 1. The van der Waals surface area contributed by atoms with Gasteiger partial charge in [0.15, 0.2) is 0 Å². The Kier molecular flexibility index (Phi) is 12.5. The number of likely N-dealkylation sites (N-methyl/N-ethyl adjacent to an activating group) is 1. The number of nitrogens with two attached hydrogens (primary N) is 1. The van der Waals surface area contributed by atoms with E-state index in [1.165, 1.54) is 19.3 Å². The molecule has 8 heteroatoms. The van der Waals surface area contributed by atoms with Crippen LogP contribution in [-0.4, -0.2) is 78.9 Å². The first-order valence-corrected chi connectivity index (χ1v) is 10.0. The van der Waals surface area contributed by atoms with E-state index in [-0.39, 0.29) is 42.0 Å². The smallest absolute Gasteiger partial charge is 0.236 e. The van der Waals surface area contributed by atoms with Crippen molar-refractivity contribution in [2.24, 2.45) is 11.1 Å². The van der Waals surface area contributed by atoms with Gasteiger partial charge in [-0.1, -0.05) is 19.3 Å². The van der Waals surface area contributed by atoms with E-state index >= 15 is 0 Å². The molecule has 160 valence electrons. The Labute approximate surface area is 177 Å². The highest BCUT2D eigenvalue weighted by Crippen LogP contribution is 2.38. The van der Waals surface area contributed by atoms with Crippen molar-refractivity contribution in [3.8, 4) is 0 Å². The molecule has 0 unspecified atom stereocenters. The second-order valence-electron chi connectivity index (χ2n) is 7.66. The maximum Gasteiger partial charge on any atom is 0.236 e. The van der Waals surface area contributed by atoms with Crippen LogP contribution in [0.4, 0.5) is 0 Å². The summed E-state index contributed by atoms with van der Waals surface area (Å²) in [6.07, 6.45) is 6.45. The van der Waals surface area contributed by atoms with E-state index in [2.05, 4.69) is 4.90 Å². The molecule has 0 aromatic rings. The molecule has 2 N–H and O–H groups in total. The molecular formula is C19H38Cl2N4O2. The molecule has 2 rings (SSSR count). The third-order valence-corrected chi connectivity index (χ3v) is 6.07. The number of halogens is 2. The molecule has 1 saturated carbocycles. The highest BCUT2D eigenvalue weighted by Gasteiger charge is 2.35. The lowest BCUT2D eigenvalue weighted by atomic mass is 9.71. The van der Waals surface area contributed by atoms with Crippen LogP contribution in [0, 0.1) is 5.41 Å². The molecule has 0 aromatic heterocycles. The van der Waals surface area contributed by atoms with Crippen LogP contribution in [0.15, 0.2) is 0 Å². The lowest BCUT2D eigenvalue weighted by molar-refractivity contribution is -0.137. The summed E-state index contributed by atoms with van der Waals surface area (Å²) in [5.74, 6) is 0.441. The van der Waals surface area contributed by atoms with E-state index in [1.54, 1.807) is 0 Å². The highest BCUT2D eigenvalue weighted by molar-refractivity contribution is 5.85. The molecule has 2 aliphatic rings. The average molecular weight is 425 g/mol. The van der Waals surface area contributed by atoms with Crippen LogP contribution in [0.3, 0.4) is 0 Å². The third-order valence-electron chi connectivity index (χ3n) is 6.07. The SMILES string of the molecule is CCN(CC)C(=O)CN1CCN(C(=O)CC2(CN)CCCCC2)CC1.Cl.Cl.